The van der Waals surface area contributed by atoms with Crippen LogP contribution in [0.1, 0.15) is 30.7 Å². The fourth-order valence-electron chi connectivity index (χ4n) is 3.73. The Balaban J connectivity index is 0.00000533. The van der Waals surface area contributed by atoms with Gasteiger partial charge in [-0.05, 0) is 30.2 Å². The Morgan fingerprint density at radius 1 is 1.38 bits per heavy atom. The van der Waals surface area contributed by atoms with Gasteiger partial charge in [0, 0.05) is 36.4 Å². The van der Waals surface area contributed by atoms with Crippen molar-refractivity contribution in [3.8, 4) is 5.75 Å². The van der Waals surface area contributed by atoms with Gasteiger partial charge in [0.15, 0.2) is 0 Å². The number of carbonyl (C=O) groups is 2. The number of nitrogens with two attached hydrogens (primary N) is 1. The van der Waals surface area contributed by atoms with Crippen molar-refractivity contribution < 1.29 is 62.4 Å². The Hall–Kier alpha value is -2.94. The second kappa shape index (κ2) is 13.9. The van der Waals surface area contributed by atoms with E-state index in [2.05, 4.69) is 20.3 Å². The topological polar surface area (TPSA) is 244 Å². The SMILES string of the molecule is CC(=O)N[C@@H](Cc1ccc(OP(=O)([O-])OC[C@H]2O[C@@H](n3cc(C)c(=O)[nH]c3=O)C[C@@H]2N=[N+]=[N-])cc1)C(N)=O.[Na+]. The minimum absolute atomic E-state index is 0. The van der Waals surface area contributed by atoms with Crippen LogP contribution >= 0.6 is 7.82 Å². The van der Waals surface area contributed by atoms with Crippen molar-refractivity contribution in [2.24, 2.45) is 10.8 Å². The molecule has 4 N–H and O–H groups in total. The summed E-state index contributed by atoms with van der Waals surface area (Å²) in [7, 11) is -4.92. The first-order valence-corrected chi connectivity index (χ1v) is 12.7. The molecule has 204 valence electrons. The van der Waals surface area contributed by atoms with Crippen molar-refractivity contribution in [2.45, 2.75) is 51.1 Å². The number of aromatic nitrogens is 2. The molecule has 0 radical (unpaired) electrons. The number of ether oxygens (including phenoxy) is 1. The van der Waals surface area contributed by atoms with Gasteiger partial charge in [-0.25, -0.2) is 4.79 Å². The fourth-order valence-corrected chi connectivity index (χ4v) is 4.50. The van der Waals surface area contributed by atoms with Gasteiger partial charge < -0.3 is 29.7 Å². The quantitative estimate of drug-likeness (QED) is 0.0809. The van der Waals surface area contributed by atoms with E-state index in [1.54, 1.807) is 0 Å². The van der Waals surface area contributed by atoms with Crippen LogP contribution in [0.25, 0.3) is 10.4 Å². The Labute approximate surface area is 243 Å². The molecule has 1 aromatic carbocycles. The third-order valence-corrected chi connectivity index (χ3v) is 6.46. The molecule has 39 heavy (non-hydrogen) atoms. The summed E-state index contributed by atoms with van der Waals surface area (Å²) >= 11 is 0. The molecule has 1 fully saturated rings. The maximum atomic E-state index is 12.4. The summed E-state index contributed by atoms with van der Waals surface area (Å²) in [5.74, 6) is -1.25. The Morgan fingerprint density at radius 2 is 2.05 bits per heavy atom. The summed E-state index contributed by atoms with van der Waals surface area (Å²) in [6.45, 7) is 2.16. The van der Waals surface area contributed by atoms with E-state index >= 15 is 0 Å². The van der Waals surface area contributed by atoms with Gasteiger partial charge in [0.25, 0.3) is 5.56 Å². The van der Waals surface area contributed by atoms with Crippen LogP contribution in [0.2, 0.25) is 0 Å². The monoisotopic (exact) mass is 573 g/mol. The number of H-pyrrole nitrogens is 1. The molecule has 0 spiro atoms. The van der Waals surface area contributed by atoms with Crippen LogP contribution in [0, 0.1) is 6.92 Å². The summed E-state index contributed by atoms with van der Waals surface area (Å²) < 4.78 is 29.1. The summed E-state index contributed by atoms with van der Waals surface area (Å²) in [6.07, 6.45) is -0.583. The molecule has 2 amide bonds. The first kappa shape index (κ1) is 32.3. The molecule has 3 rings (SSSR count). The molecule has 1 aromatic heterocycles. The minimum atomic E-state index is -4.92. The van der Waals surface area contributed by atoms with Crippen LogP contribution in [0.5, 0.6) is 5.75 Å². The van der Waals surface area contributed by atoms with E-state index in [0.29, 0.717) is 5.56 Å². The second-order valence-electron chi connectivity index (χ2n) is 8.45. The van der Waals surface area contributed by atoms with Crippen LogP contribution in [0.3, 0.4) is 0 Å². The Morgan fingerprint density at radius 3 is 2.64 bits per heavy atom. The number of carbonyl (C=O) groups excluding carboxylic acids is 2. The molecule has 1 aliphatic rings. The number of benzene rings is 1. The molecule has 16 nitrogen and oxygen atoms in total. The molecule has 0 aliphatic carbocycles. The number of rotatable bonds is 11. The van der Waals surface area contributed by atoms with Crippen LogP contribution < -0.4 is 61.3 Å². The van der Waals surface area contributed by atoms with Crippen molar-refractivity contribution in [1.82, 2.24) is 14.9 Å². The van der Waals surface area contributed by atoms with Gasteiger partial charge in [0.05, 0.1) is 18.8 Å². The zero-order valence-electron chi connectivity index (χ0n) is 21.3. The van der Waals surface area contributed by atoms with Gasteiger partial charge in [0.2, 0.25) is 11.8 Å². The number of hydrogen-bond donors (Lipinski definition) is 3. The van der Waals surface area contributed by atoms with Gasteiger partial charge >= 0.3 is 43.1 Å². The van der Waals surface area contributed by atoms with E-state index in [1.807, 2.05) is 0 Å². The number of amides is 2. The molecule has 0 saturated carbocycles. The molecular weight excluding hydrogens is 548 g/mol. The predicted molar refractivity (Wildman–Crippen MR) is 129 cm³/mol. The maximum Gasteiger partial charge on any atom is 1.00 e. The first-order valence-electron chi connectivity index (χ1n) is 11.2. The van der Waals surface area contributed by atoms with Gasteiger partial charge in [-0.3, -0.25) is 28.5 Å². The largest absolute Gasteiger partial charge is 1.00 e. The van der Waals surface area contributed by atoms with Gasteiger partial charge in [-0.1, -0.05) is 17.2 Å². The number of phosphoric acid groups is 1. The summed E-state index contributed by atoms with van der Waals surface area (Å²) in [6, 6.07) is 3.81. The smallest absolute Gasteiger partial charge is 0.746 e. The number of primary amides is 1. The first-order chi connectivity index (χ1) is 17.9. The van der Waals surface area contributed by atoms with E-state index in [-0.39, 0.29) is 53.7 Å². The van der Waals surface area contributed by atoms with E-state index in [4.69, 9.17) is 25.0 Å². The number of phosphoric ester groups is 1. The number of hydrogen-bond acceptors (Lipinski definition) is 10. The minimum Gasteiger partial charge on any atom is -0.746 e. The third kappa shape index (κ3) is 9.05. The summed E-state index contributed by atoms with van der Waals surface area (Å²) in [4.78, 5) is 63.8. The molecule has 1 saturated heterocycles. The number of aryl methyl sites for hydroxylation is 1. The van der Waals surface area contributed by atoms with E-state index in [9.17, 15) is 28.6 Å². The molecule has 2 heterocycles. The van der Waals surface area contributed by atoms with Gasteiger partial charge in [0.1, 0.15) is 18.0 Å². The van der Waals surface area contributed by atoms with Crippen LogP contribution in [-0.4, -0.2) is 46.2 Å². The van der Waals surface area contributed by atoms with Crippen molar-refractivity contribution >= 4 is 19.6 Å². The Bertz CT molecular complexity index is 1410. The third-order valence-electron chi connectivity index (χ3n) is 5.56. The van der Waals surface area contributed by atoms with Crippen LogP contribution in [-0.2, 0) is 29.8 Å². The fraction of sp³-hybridized carbons (Fsp3) is 0.429. The number of nitrogens with one attached hydrogen (secondary N) is 2. The van der Waals surface area contributed by atoms with E-state index in [1.165, 1.54) is 44.3 Å². The maximum absolute atomic E-state index is 12.4. The molecular formula is C21H25N7NaO9P. The number of nitrogens with zero attached hydrogens (tertiary/aromatic N) is 4. The van der Waals surface area contributed by atoms with Crippen molar-refractivity contribution in [3.05, 3.63) is 72.9 Å². The predicted octanol–water partition coefficient (Wildman–Crippen LogP) is -3.09. The number of aromatic amines is 1. The number of azide groups is 1. The van der Waals surface area contributed by atoms with E-state index < -0.39 is 61.9 Å². The van der Waals surface area contributed by atoms with Gasteiger partial charge in [-0.2, -0.15) is 0 Å². The van der Waals surface area contributed by atoms with Gasteiger partial charge in [-0.15, -0.1) is 0 Å². The molecule has 1 unspecified atom stereocenters. The summed E-state index contributed by atoms with van der Waals surface area (Å²) in [5, 5.41) is 6.02. The van der Waals surface area contributed by atoms with Crippen molar-refractivity contribution in [1.29, 1.82) is 0 Å². The zero-order valence-corrected chi connectivity index (χ0v) is 24.2. The van der Waals surface area contributed by atoms with Crippen LogP contribution in [0.4, 0.5) is 0 Å². The normalized spacial score (nSPS) is 20.5. The standard InChI is InChI=1S/C21H26N7O9P.Na/c1-11-9-28(21(32)25-20(11)31)18-8-15(26-27-23)17(36-18)10-35-38(33,34)37-14-5-3-13(4-6-14)7-16(19(22)30)24-12(2)29;/h3-6,9,15-18H,7-8,10H2,1-2H3,(H2,22,30)(H,24,29)(H,33,34)(H,25,31,32);/q;+1/p-1/t15-,16-,17+,18+;/m0./s1. The molecule has 2 aromatic rings. The average molecular weight is 573 g/mol. The molecule has 18 heteroatoms. The second-order valence-corrected chi connectivity index (χ2v) is 9.79. The zero-order chi connectivity index (χ0) is 28.0. The molecule has 0 bridgehead atoms. The molecule has 1 aliphatic heterocycles. The molecule has 5 atom stereocenters. The summed E-state index contributed by atoms with van der Waals surface area (Å²) in [5.41, 5.74) is 13.7. The average Bonchev–Trinajstić information content (AvgIpc) is 3.23. The van der Waals surface area contributed by atoms with E-state index in [0.717, 1.165) is 4.57 Å². The van der Waals surface area contributed by atoms with Crippen LogP contribution in [0.15, 0.2) is 45.2 Å². The van der Waals surface area contributed by atoms with Crippen molar-refractivity contribution in [3.63, 3.8) is 0 Å². The van der Waals surface area contributed by atoms with Crippen molar-refractivity contribution in [2.75, 3.05) is 6.61 Å². The Kier molecular flexibility index (Phi) is 11.5.